The van der Waals surface area contributed by atoms with Gasteiger partial charge in [-0.2, -0.15) is 5.10 Å². The number of amides is 1. The number of esters is 1. The van der Waals surface area contributed by atoms with Gasteiger partial charge in [0.1, 0.15) is 15.5 Å². The molecule has 3 heterocycles. The van der Waals surface area contributed by atoms with Crippen LogP contribution in [0.1, 0.15) is 25.0 Å². The van der Waals surface area contributed by atoms with Gasteiger partial charge in [-0.05, 0) is 48.7 Å². The van der Waals surface area contributed by atoms with Crippen molar-refractivity contribution in [3.63, 3.8) is 0 Å². The molecule has 6 nitrogen and oxygen atoms in total. The van der Waals surface area contributed by atoms with E-state index in [1.54, 1.807) is 41.1 Å². The number of anilines is 1. The molecule has 4 aromatic rings. The highest BCUT2D eigenvalue weighted by Crippen LogP contribution is 2.28. The summed E-state index contributed by atoms with van der Waals surface area (Å²) in [4.78, 5) is 26.6. The average molecular weight is 397 g/mol. The molecule has 0 aliphatic carbocycles. The highest BCUT2D eigenvalue weighted by Gasteiger charge is 2.17. The summed E-state index contributed by atoms with van der Waals surface area (Å²) < 4.78 is 7.20. The molecule has 4 rings (SSSR count). The van der Waals surface area contributed by atoms with E-state index in [4.69, 9.17) is 4.74 Å². The molecule has 0 saturated heterocycles. The average Bonchev–Trinajstić information content (AvgIpc) is 3.37. The van der Waals surface area contributed by atoms with Gasteiger partial charge in [-0.15, -0.1) is 22.7 Å². The van der Waals surface area contributed by atoms with Crippen molar-refractivity contribution in [1.29, 1.82) is 0 Å². The predicted molar refractivity (Wildman–Crippen MR) is 107 cm³/mol. The Balaban J connectivity index is 1.45. The Morgan fingerprint density at radius 3 is 2.59 bits per heavy atom. The minimum Gasteiger partial charge on any atom is -0.422 e. The predicted octanol–water partition coefficient (Wildman–Crippen LogP) is 4.48. The second-order valence-electron chi connectivity index (χ2n) is 5.88. The van der Waals surface area contributed by atoms with Crippen LogP contribution in [0, 0.1) is 6.92 Å². The first-order valence-corrected chi connectivity index (χ1v) is 9.81. The fourth-order valence-corrected chi connectivity index (χ4v) is 4.29. The number of hydrogen-bond donors (Lipinski definition) is 1. The van der Waals surface area contributed by atoms with Gasteiger partial charge in [-0.25, -0.2) is 4.79 Å². The number of hydrogen-bond acceptors (Lipinski definition) is 6. The second kappa shape index (κ2) is 6.98. The third-order valence-corrected chi connectivity index (χ3v) is 6.02. The van der Waals surface area contributed by atoms with Crippen LogP contribution in [0.25, 0.3) is 10.2 Å². The lowest BCUT2D eigenvalue weighted by Crippen LogP contribution is -2.10. The van der Waals surface area contributed by atoms with Gasteiger partial charge in [0.2, 0.25) is 0 Å². The van der Waals surface area contributed by atoms with Crippen molar-refractivity contribution >= 4 is 50.5 Å². The van der Waals surface area contributed by atoms with E-state index in [-0.39, 0.29) is 5.91 Å². The number of fused-ring (bicyclic) bond motifs is 1. The number of nitrogens with one attached hydrogen (secondary N) is 1. The van der Waals surface area contributed by atoms with Crippen molar-refractivity contribution in [2.24, 2.45) is 7.05 Å². The number of carbonyl (C=O) groups excluding carboxylic acids is 2. The van der Waals surface area contributed by atoms with Crippen LogP contribution in [-0.2, 0) is 7.05 Å². The van der Waals surface area contributed by atoms with Crippen molar-refractivity contribution < 1.29 is 14.3 Å². The quantitative estimate of drug-likeness (QED) is 0.407. The topological polar surface area (TPSA) is 73.2 Å². The second-order valence-corrected chi connectivity index (χ2v) is 7.86. The Labute approximate surface area is 163 Å². The van der Waals surface area contributed by atoms with Gasteiger partial charge in [-0.1, -0.05) is 6.07 Å². The van der Waals surface area contributed by atoms with Gasteiger partial charge in [0.05, 0.1) is 10.6 Å². The zero-order chi connectivity index (χ0) is 19.0. The zero-order valence-electron chi connectivity index (χ0n) is 14.6. The summed E-state index contributed by atoms with van der Waals surface area (Å²) in [6.07, 6.45) is 0. The number of aromatic nitrogens is 2. The molecule has 3 aromatic heterocycles. The molecule has 27 heavy (non-hydrogen) atoms. The maximum absolute atomic E-state index is 12.4. The van der Waals surface area contributed by atoms with Crippen LogP contribution in [0.2, 0.25) is 0 Å². The highest BCUT2D eigenvalue weighted by molar-refractivity contribution is 7.20. The van der Waals surface area contributed by atoms with Crippen LogP contribution in [0.5, 0.6) is 5.75 Å². The summed E-state index contributed by atoms with van der Waals surface area (Å²) in [6, 6.07) is 12.1. The molecule has 0 spiro atoms. The Bertz CT molecular complexity index is 1090. The number of thiophene rings is 2. The molecular weight excluding hydrogens is 382 g/mol. The summed E-state index contributed by atoms with van der Waals surface area (Å²) in [7, 11) is 1.85. The van der Waals surface area contributed by atoms with Crippen LogP contribution >= 0.6 is 22.7 Å². The number of rotatable bonds is 4. The number of ether oxygens (including phenoxy) is 1. The molecule has 1 amide bonds. The third-order valence-electron chi connectivity index (χ3n) is 3.97. The molecule has 136 valence electrons. The largest absolute Gasteiger partial charge is 0.422 e. The summed E-state index contributed by atoms with van der Waals surface area (Å²) in [5.74, 6) is -0.156. The molecule has 1 aromatic carbocycles. The van der Waals surface area contributed by atoms with Gasteiger partial charge >= 0.3 is 5.97 Å². The highest BCUT2D eigenvalue weighted by atomic mass is 32.1. The molecule has 0 saturated carbocycles. The van der Waals surface area contributed by atoms with Crippen LogP contribution in [0.3, 0.4) is 0 Å². The van der Waals surface area contributed by atoms with Crippen LogP contribution in [0.4, 0.5) is 5.69 Å². The zero-order valence-corrected chi connectivity index (χ0v) is 16.2. The SMILES string of the molecule is Cc1nn(C)c2sc(C(=O)Oc3ccc(NC(=O)c4cccs4)cc3)cc12. The Kier molecular flexibility index (Phi) is 4.51. The first kappa shape index (κ1) is 17.4. The van der Waals surface area contributed by atoms with Crippen LogP contribution in [0.15, 0.2) is 47.8 Å². The lowest BCUT2D eigenvalue weighted by molar-refractivity contribution is 0.0739. The fourth-order valence-electron chi connectivity index (χ4n) is 2.67. The minimum atomic E-state index is -0.411. The molecule has 0 aliphatic heterocycles. The maximum Gasteiger partial charge on any atom is 0.353 e. The number of aryl methyl sites for hydroxylation is 2. The summed E-state index contributed by atoms with van der Waals surface area (Å²) in [5, 5.41) is 9.94. The van der Waals surface area contributed by atoms with Gasteiger partial charge < -0.3 is 10.1 Å². The standard InChI is InChI=1S/C19H15N3O3S2/c1-11-14-10-16(27-18(14)22(2)21-11)19(24)25-13-7-5-12(6-8-13)20-17(23)15-4-3-9-26-15/h3-10H,1-2H3,(H,20,23). The van der Waals surface area contributed by atoms with E-state index >= 15 is 0 Å². The molecular formula is C19H15N3O3S2. The summed E-state index contributed by atoms with van der Waals surface area (Å²) >= 11 is 2.73. The van der Waals surface area contributed by atoms with Crippen LogP contribution in [-0.4, -0.2) is 21.7 Å². The van der Waals surface area contributed by atoms with Crippen molar-refractivity contribution in [3.05, 3.63) is 63.3 Å². The van der Waals surface area contributed by atoms with E-state index in [1.165, 1.54) is 22.7 Å². The first-order chi connectivity index (χ1) is 13.0. The van der Waals surface area contributed by atoms with Gasteiger partial charge in [0, 0.05) is 18.1 Å². The molecule has 0 bridgehead atoms. The normalized spacial score (nSPS) is 10.9. The summed E-state index contributed by atoms with van der Waals surface area (Å²) in [5.41, 5.74) is 1.52. The lowest BCUT2D eigenvalue weighted by Gasteiger charge is -2.06. The summed E-state index contributed by atoms with van der Waals surface area (Å²) in [6.45, 7) is 1.91. The van der Waals surface area contributed by atoms with E-state index in [2.05, 4.69) is 10.4 Å². The Morgan fingerprint density at radius 2 is 1.93 bits per heavy atom. The van der Waals surface area contributed by atoms with Crippen molar-refractivity contribution in [2.45, 2.75) is 6.92 Å². The van der Waals surface area contributed by atoms with Crippen LogP contribution < -0.4 is 10.1 Å². The molecule has 0 aliphatic rings. The molecule has 0 radical (unpaired) electrons. The van der Waals surface area contributed by atoms with E-state index < -0.39 is 5.97 Å². The van der Waals surface area contributed by atoms with E-state index in [0.717, 1.165) is 15.9 Å². The molecule has 0 atom stereocenters. The monoisotopic (exact) mass is 397 g/mol. The van der Waals surface area contributed by atoms with E-state index in [0.29, 0.717) is 21.2 Å². The molecule has 1 N–H and O–H groups in total. The van der Waals surface area contributed by atoms with E-state index in [9.17, 15) is 9.59 Å². The molecule has 0 unspecified atom stereocenters. The Hall–Kier alpha value is -2.97. The van der Waals surface area contributed by atoms with E-state index in [1.807, 2.05) is 25.4 Å². The number of benzene rings is 1. The third kappa shape index (κ3) is 3.49. The smallest absolute Gasteiger partial charge is 0.353 e. The first-order valence-electron chi connectivity index (χ1n) is 8.11. The number of nitrogens with zero attached hydrogens (tertiary/aromatic N) is 2. The maximum atomic E-state index is 12.4. The molecule has 0 fully saturated rings. The van der Waals surface area contributed by atoms with Crippen molar-refractivity contribution in [3.8, 4) is 5.75 Å². The minimum absolute atomic E-state index is 0.163. The van der Waals surface area contributed by atoms with Gasteiger partial charge in [-0.3, -0.25) is 9.48 Å². The Morgan fingerprint density at radius 1 is 1.15 bits per heavy atom. The molecule has 8 heteroatoms. The van der Waals surface area contributed by atoms with Crippen molar-refractivity contribution in [1.82, 2.24) is 9.78 Å². The van der Waals surface area contributed by atoms with Gasteiger partial charge in [0.15, 0.2) is 0 Å². The van der Waals surface area contributed by atoms with Crippen molar-refractivity contribution in [2.75, 3.05) is 5.32 Å². The lowest BCUT2D eigenvalue weighted by atomic mass is 10.3. The number of carbonyl (C=O) groups is 2. The fraction of sp³-hybridized carbons (Fsp3) is 0.105. The van der Waals surface area contributed by atoms with Gasteiger partial charge in [0.25, 0.3) is 5.91 Å².